The Morgan fingerprint density at radius 2 is 1.74 bits per heavy atom. The van der Waals surface area contributed by atoms with E-state index in [0.29, 0.717) is 24.8 Å². The minimum absolute atomic E-state index is 0.0322. The lowest BCUT2D eigenvalue weighted by atomic mass is 10.0. The number of nitrogens with one attached hydrogen (secondary N) is 3. The van der Waals surface area contributed by atoms with Crippen LogP contribution in [0.15, 0.2) is 36.0 Å². The second-order valence-electron chi connectivity index (χ2n) is 7.62. The molecular formula is C23H33N3O5. The molecule has 0 saturated heterocycles. The number of amides is 3. The Hall–Kier alpha value is -3.16. The Bertz CT molecular complexity index is 762. The smallest absolute Gasteiger partial charge is 0.354 e. The van der Waals surface area contributed by atoms with Crippen molar-refractivity contribution >= 4 is 30.3 Å². The molecule has 1 aromatic rings. The van der Waals surface area contributed by atoms with Gasteiger partial charge in [0.2, 0.25) is 18.2 Å². The number of methoxy groups -OCH3 is 1. The number of carbonyl (C=O) groups is 4. The zero-order valence-electron chi connectivity index (χ0n) is 18.6. The van der Waals surface area contributed by atoms with Gasteiger partial charge in [-0.1, -0.05) is 63.9 Å². The van der Waals surface area contributed by atoms with Crippen LogP contribution in [0.4, 0.5) is 0 Å². The highest BCUT2D eigenvalue weighted by Gasteiger charge is 2.27. The third kappa shape index (κ3) is 9.46. The van der Waals surface area contributed by atoms with Crippen LogP contribution in [0, 0.1) is 5.92 Å². The van der Waals surface area contributed by atoms with E-state index in [1.807, 2.05) is 26.8 Å². The van der Waals surface area contributed by atoms with Crippen LogP contribution in [0.2, 0.25) is 0 Å². The van der Waals surface area contributed by atoms with Gasteiger partial charge in [0.15, 0.2) is 0 Å². The number of ether oxygens (including phenoxy) is 1. The maximum Gasteiger partial charge on any atom is 0.354 e. The van der Waals surface area contributed by atoms with Crippen molar-refractivity contribution in [3.63, 3.8) is 0 Å². The van der Waals surface area contributed by atoms with E-state index in [1.165, 1.54) is 13.2 Å². The molecule has 8 nitrogen and oxygen atoms in total. The minimum Gasteiger partial charge on any atom is -0.464 e. The van der Waals surface area contributed by atoms with Crippen molar-refractivity contribution in [1.29, 1.82) is 0 Å². The summed E-state index contributed by atoms with van der Waals surface area (Å²) in [4.78, 5) is 48.7. The first-order valence-electron chi connectivity index (χ1n) is 10.5. The molecule has 0 aliphatic rings. The van der Waals surface area contributed by atoms with E-state index in [2.05, 4.69) is 16.0 Å². The quantitative estimate of drug-likeness (QED) is 0.252. The van der Waals surface area contributed by atoms with Crippen molar-refractivity contribution in [2.45, 2.75) is 58.5 Å². The first-order chi connectivity index (χ1) is 14.8. The Balaban J connectivity index is 3.03. The average Bonchev–Trinajstić information content (AvgIpc) is 2.75. The lowest BCUT2D eigenvalue weighted by molar-refractivity contribution is -0.138. The summed E-state index contributed by atoms with van der Waals surface area (Å²) in [5.41, 5.74) is 0.678. The molecule has 0 fully saturated rings. The SMILES string of the molecule is CCCC[C@H](NC=O)C(=O)N[C@@H](CC(C)C)C(=O)N/C(=C\c1ccccc1)C(=O)OC. The molecule has 3 amide bonds. The third-order valence-corrected chi connectivity index (χ3v) is 4.55. The van der Waals surface area contributed by atoms with Gasteiger partial charge in [-0.05, 0) is 30.4 Å². The lowest BCUT2D eigenvalue weighted by Gasteiger charge is -2.23. The largest absolute Gasteiger partial charge is 0.464 e. The molecule has 3 N–H and O–H groups in total. The van der Waals surface area contributed by atoms with Gasteiger partial charge in [0.25, 0.3) is 0 Å². The zero-order chi connectivity index (χ0) is 23.2. The standard InChI is InChI=1S/C23H33N3O5/c1-5-6-12-18(24-15-27)21(28)25-19(13-16(2)3)22(29)26-20(23(30)31-4)14-17-10-8-7-9-11-17/h7-11,14-16,18-19H,5-6,12-13H2,1-4H3,(H,24,27)(H,25,28)(H,26,29)/b20-14-/t18-,19-/m0/s1. The van der Waals surface area contributed by atoms with E-state index in [-0.39, 0.29) is 11.6 Å². The molecular weight excluding hydrogens is 398 g/mol. The summed E-state index contributed by atoms with van der Waals surface area (Å²) in [6.45, 7) is 5.83. The molecule has 0 aliphatic heterocycles. The highest BCUT2D eigenvalue weighted by molar-refractivity contribution is 6.00. The van der Waals surface area contributed by atoms with Crippen LogP contribution in [-0.4, -0.2) is 43.4 Å². The van der Waals surface area contributed by atoms with Crippen molar-refractivity contribution in [1.82, 2.24) is 16.0 Å². The first-order valence-corrected chi connectivity index (χ1v) is 10.5. The monoisotopic (exact) mass is 431 g/mol. The van der Waals surface area contributed by atoms with Gasteiger partial charge in [-0.2, -0.15) is 0 Å². The van der Waals surface area contributed by atoms with E-state index >= 15 is 0 Å². The Morgan fingerprint density at radius 3 is 2.29 bits per heavy atom. The topological polar surface area (TPSA) is 114 Å². The fourth-order valence-corrected chi connectivity index (χ4v) is 2.95. The summed E-state index contributed by atoms with van der Waals surface area (Å²) >= 11 is 0. The minimum atomic E-state index is -0.881. The molecule has 0 aliphatic carbocycles. The second kappa shape index (κ2) is 14.0. The molecule has 1 rings (SSSR count). The van der Waals surface area contributed by atoms with E-state index in [0.717, 1.165) is 12.8 Å². The van der Waals surface area contributed by atoms with E-state index in [1.54, 1.807) is 24.3 Å². The molecule has 0 radical (unpaired) electrons. The highest BCUT2D eigenvalue weighted by atomic mass is 16.5. The summed E-state index contributed by atoms with van der Waals surface area (Å²) < 4.78 is 4.78. The van der Waals surface area contributed by atoms with Gasteiger partial charge in [0.1, 0.15) is 17.8 Å². The van der Waals surface area contributed by atoms with Gasteiger partial charge >= 0.3 is 5.97 Å². The Morgan fingerprint density at radius 1 is 1.06 bits per heavy atom. The summed E-state index contributed by atoms with van der Waals surface area (Å²) in [6.07, 6.45) is 4.45. The summed E-state index contributed by atoms with van der Waals surface area (Å²) in [6, 6.07) is 7.41. The molecule has 0 aromatic heterocycles. The first kappa shape index (κ1) is 25.9. The molecule has 8 heteroatoms. The Kier molecular flexibility index (Phi) is 11.6. The number of benzene rings is 1. The van der Waals surface area contributed by atoms with Crippen LogP contribution in [0.25, 0.3) is 6.08 Å². The number of hydrogen-bond donors (Lipinski definition) is 3. The number of carbonyl (C=O) groups excluding carboxylic acids is 4. The van der Waals surface area contributed by atoms with Crippen molar-refractivity contribution in [2.75, 3.05) is 7.11 Å². The molecule has 31 heavy (non-hydrogen) atoms. The summed E-state index contributed by atoms with van der Waals surface area (Å²) in [5.74, 6) is -1.57. The van der Waals surface area contributed by atoms with Crippen molar-refractivity contribution in [3.05, 3.63) is 41.6 Å². The molecule has 0 bridgehead atoms. The third-order valence-electron chi connectivity index (χ3n) is 4.55. The number of rotatable bonds is 13. The fraction of sp³-hybridized carbons (Fsp3) is 0.478. The number of esters is 1. The maximum absolute atomic E-state index is 13.0. The molecule has 0 unspecified atom stereocenters. The molecule has 0 heterocycles. The van der Waals surface area contributed by atoms with Crippen LogP contribution in [0.1, 0.15) is 52.0 Å². The van der Waals surface area contributed by atoms with Crippen LogP contribution in [-0.2, 0) is 23.9 Å². The van der Waals surface area contributed by atoms with Gasteiger partial charge in [0, 0.05) is 0 Å². The van der Waals surface area contributed by atoms with Gasteiger partial charge in [-0.25, -0.2) is 4.79 Å². The second-order valence-corrected chi connectivity index (χ2v) is 7.62. The zero-order valence-corrected chi connectivity index (χ0v) is 18.6. The van der Waals surface area contributed by atoms with Crippen LogP contribution in [0.3, 0.4) is 0 Å². The van der Waals surface area contributed by atoms with E-state index in [4.69, 9.17) is 4.74 Å². The van der Waals surface area contributed by atoms with Crippen molar-refractivity contribution < 1.29 is 23.9 Å². The molecule has 170 valence electrons. The number of hydrogen-bond acceptors (Lipinski definition) is 5. The lowest BCUT2D eigenvalue weighted by Crippen LogP contribution is -2.53. The molecule has 0 saturated carbocycles. The molecule has 0 spiro atoms. The van der Waals surface area contributed by atoms with Gasteiger partial charge < -0.3 is 20.7 Å². The predicted octanol–water partition coefficient (Wildman–Crippen LogP) is 2.15. The normalized spacial score (nSPS) is 13.1. The predicted molar refractivity (Wildman–Crippen MR) is 118 cm³/mol. The van der Waals surface area contributed by atoms with Gasteiger partial charge in [-0.15, -0.1) is 0 Å². The average molecular weight is 432 g/mol. The van der Waals surface area contributed by atoms with Gasteiger partial charge in [-0.3, -0.25) is 14.4 Å². The molecule has 1 aromatic carbocycles. The number of unbranched alkanes of at least 4 members (excludes halogenated alkanes) is 1. The van der Waals surface area contributed by atoms with Crippen LogP contribution >= 0.6 is 0 Å². The maximum atomic E-state index is 13.0. The summed E-state index contributed by atoms with van der Waals surface area (Å²) in [5, 5.41) is 7.81. The Labute approximate surface area is 183 Å². The van der Waals surface area contributed by atoms with E-state index in [9.17, 15) is 19.2 Å². The van der Waals surface area contributed by atoms with Crippen molar-refractivity contribution in [2.24, 2.45) is 5.92 Å². The summed E-state index contributed by atoms with van der Waals surface area (Å²) in [7, 11) is 1.23. The van der Waals surface area contributed by atoms with Crippen LogP contribution < -0.4 is 16.0 Å². The molecule has 2 atom stereocenters. The van der Waals surface area contributed by atoms with Crippen LogP contribution in [0.5, 0.6) is 0 Å². The van der Waals surface area contributed by atoms with Crippen molar-refractivity contribution in [3.8, 4) is 0 Å². The van der Waals surface area contributed by atoms with Gasteiger partial charge in [0.05, 0.1) is 7.11 Å². The fourth-order valence-electron chi connectivity index (χ4n) is 2.95. The van der Waals surface area contributed by atoms with E-state index < -0.39 is 29.9 Å². The highest BCUT2D eigenvalue weighted by Crippen LogP contribution is 2.10.